The fraction of sp³-hybridized carbons (Fsp3) is 0.697. The predicted molar refractivity (Wildman–Crippen MR) is 157 cm³/mol. The molecule has 0 bridgehead atoms. The third-order valence-electron chi connectivity index (χ3n) is 12.9. The van der Waals surface area contributed by atoms with E-state index in [-0.39, 0.29) is 45.2 Å². The highest BCUT2D eigenvalue weighted by Crippen LogP contribution is 2.75. The van der Waals surface area contributed by atoms with Crippen LogP contribution in [0.25, 0.3) is 0 Å². The van der Waals surface area contributed by atoms with Gasteiger partial charge in [-0.15, -0.1) is 0 Å². The van der Waals surface area contributed by atoms with E-state index >= 15 is 0 Å². The molecule has 0 radical (unpaired) electrons. The Morgan fingerprint density at radius 2 is 1.68 bits per heavy atom. The maximum absolute atomic E-state index is 12.8. The Labute approximate surface area is 243 Å². The molecule has 5 rings (SSSR count). The van der Waals surface area contributed by atoms with Crippen LogP contribution in [0.1, 0.15) is 80.1 Å². The van der Waals surface area contributed by atoms with Gasteiger partial charge in [0, 0.05) is 17.0 Å². The van der Waals surface area contributed by atoms with Crippen LogP contribution in [0.5, 0.6) is 0 Å². The van der Waals surface area contributed by atoms with Crippen LogP contribution in [0.2, 0.25) is 0 Å². The minimum Gasteiger partial charge on any atom is -0.504 e. The van der Waals surface area contributed by atoms with Gasteiger partial charge >= 0.3 is 6.03 Å². The smallest absolute Gasteiger partial charge is 0.315 e. The fourth-order valence-electron chi connectivity index (χ4n) is 10.0. The SMILES string of the molecule is CC1=C(O)C(=O)C=C2C1=CC=C1[C@@]2(C)CC[C@@]2(C)[C@@H]3C[C@@H](C)C(N(C(N)=O)C(CO)(CO)CO)C[C@]3(C)CC[C@]12C. The second-order valence-electron chi connectivity index (χ2n) is 14.7. The number of allylic oxidation sites excluding steroid dienone is 7. The Morgan fingerprint density at radius 1 is 1.05 bits per heavy atom. The zero-order chi connectivity index (χ0) is 30.3. The molecule has 0 saturated heterocycles. The van der Waals surface area contributed by atoms with Gasteiger partial charge in [-0.3, -0.25) is 4.79 Å². The number of nitrogens with two attached hydrogens (primary N) is 1. The number of nitrogens with zero attached hydrogens (tertiary/aromatic N) is 1. The first-order valence-corrected chi connectivity index (χ1v) is 15.1. The maximum atomic E-state index is 12.8. The van der Waals surface area contributed by atoms with E-state index in [1.54, 1.807) is 6.08 Å². The third-order valence-corrected chi connectivity index (χ3v) is 12.9. The summed E-state index contributed by atoms with van der Waals surface area (Å²) < 4.78 is 0. The van der Waals surface area contributed by atoms with Crippen LogP contribution in [0.4, 0.5) is 4.79 Å². The number of rotatable bonds is 5. The molecule has 3 saturated carbocycles. The quantitative estimate of drug-likeness (QED) is 0.334. The number of aliphatic hydroxyl groups excluding tert-OH is 4. The van der Waals surface area contributed by atoms with Gasteiger partial charge in [-0.1, -0.05) is 52.3 Å². The molecule has 5 aliphatic rings. The molecule has 1 unspecified atom stereocenters. The number of urea groups is 1. The molecule has 0 heterocycles. The van der Waals surface area contributed by atoms with Gasteiger partial charge in [0.15, 0.2) is 5.76 Å². The van der Waals surface area contributed by atoms with Gasteiger partial charge in [0.05, 0.1) is 19.8 Å². The van der Waals surface area contributed by atoms with Gasteiger partial charge in [0.2, 0.25) is 5.78 Å². The average Bonchev–Trinajstić information content (AvgIpc) is 2.93. The van der Waals surface area contributed by atoms with E-state index in [1.807, 2.05) is 6.92 Å². The lowest BCUT2D eigenvalue weighted by atomic mass is 9.35. The summed E-state index contributed by atoms with van der Waals surface area (Å²) >= 11 is 0. The summed E-state index contributed by atoms with van der Waals surface area (Å²) in [6.07, 6.45) is 11.3. The molecule has 3 fully saturated rings. The second kappa shape index (κ2) is 9.55. The number of hydrogen-bond acceptors (Lipinski definition) is 6. The zero-order valence-corrected chi connectivity index (χ0v) is 25.5. The van der Waals surface area contributed by atoms with Gasteiger partial charge in [-0.05, 0) is 90.8 Å². The number of primary amides is 1. The molecule has 2 amide bonds. The van der Waals surface area contributed by atoms with Crippen LogP contribution in [-0.2, 0) is 4.79 Å². The summed E-state index contributed by atoms with van der Waals surface area (Å²) in [5.74, 6) is -0.0878. The predicted octanol–water partition coefficient (Wildman–Crippen LogP) is 4.32. The minimum absolute atomic E-state index is 0.0399. The highest BCUT2D eigenvalue weighted by Gasteiger charge is 2.67. The highest BCUT2D eigenvalue weighted by atomic mass is 16.3. The van der Waals surface area contributed by atoms with Gasteiger partial charge in [0.25, 0.3) is 0 Å². The van der Waals surface area contributed by atoms with Gasteiger partial charge in [0.1, 0.15) is 5.54 Å². The standard InChI is InChI=1S/C33H48N2O6/c1-19-13-26-29(3,15-23(19)35(28(34)41)33(16-36,17-37)18-38)9-11-31(5)25-8-7-21-20(2)27(40)24(39)14-22(21)30(25,4)10-12-32(26,31)6/h7-8,14,19,23,26,36-38,40H,9-13,15-18H2,1-6H3,(H2,34,41)/t19-,23?,26-,29+,30+,31-,32+/m1/s1. The monoisotopic (exact) mass is 568 g/mol. The molecule has 7 atom stereocenters. The molecule has 0 aromatic heterocycles. The molecular weight excluding hydrogens is 520 g/mol. The lowest BCUT2D eigenvalue weighted by molar-refractivity contribution is -0.168. The van der Waals surface area contributed by atoms with E-state index < -0.39 is 31.4 Å². The van der Waals surface area contributed by atoms with Crippen molar-refractivity contribution in [3.63, 3.8) is 0 Å². The first-order valence-electron chi connectivity index (χ1n) is 15.1. The van der Waals surface area contributed by atoms with Crippen LogP contribution in [0.3, 0.4) is 0 Å². The molecule has 0 spiro atoms. The molecule has 0 aromatic rings. The van der Waals surface area contributed by atoms with Crippen molar-refractivity contribution in [2.75, 3.05) is 19.8 Å². The third kappa shape index (κ3) is 3.82. The van der Waals surface area contributed by atoms with Crippen LogP contribution in [0, 0.1) is 33.5 Å². The summed E-state index contributed by atoms with van der Waals surface area (Å²) in [4.78, 5) is 26.9. The van der Waals surface area contributed by atoms with Crippen molar-refractivity contribution in [2.45, 2.75) is 91.6 Å². The molecule has 226 valence electrons. The van der Waals surface area contributed by atoms with E-state index in [1.165, 1.54) is 10.5 Å². The average molecular weight is 569 g/mol. The molecule has 0 aliphatic heterocycles. The van der Waals surface area contributed by atoms with Crippen molar-refractivity contribution in [3.8, 4) is 0 Å². The molecule has 8 nitrogen and oxygen atoms in total. The first kappa shape index (κ1) is 30.1. The topological polar surface area (TPSA) is 144 Å². The summed E-state index contributed by atoms with van der Waals surface area (Å²) in [6.45, 7) is 11.6. The van der Waals surface area contributed by atoms with Crippen molar-refractivity contribution in [1.29, 1.82) is 0 Å². The first-order chi connectivity index (χ1) is 19.1. The number of amides is 2. The lowest BCUT2D eigenvalue weighted by Gasteiger charge is -2.70. The number of carbonyl (C=O) groups is 2. The van der Waals surface area contributed by atoms with Crippen LogP contribution >= 0.6 is 0 Å². The van der Waals surface area contributed by atoms with Crippen LogP contribution in [-0.4, -0.2) is 68.5 Å². The van der Waals surface area contributed by atoms with Crippen LogP contribution < -0.4 is 5.73 Å². The zero-order valence-electron chi connectivity index (χ0n) is 25.5. The minimum atomic E-state index is -1.52. The molecule has 41 heavy (non-hydrogen) atoms. The van der Waals surface area contributed by atoms with Gasteiger partial charge < -0.3 is 31.1 Å². The molecule has 5 aliphatic carbocycles. The maximum Gasteiger partial charge on any atom is 0.315 e. The Hall–Kier alpha value is -2.42. The van der Waals surface area contributed by atoms with Crippen molar-refractivity contribution in [3.05, 3.63) is 46.3 Å². The van der Waals surface area contributed by atoms with Crippen molar-refractivity contribution in [1.82, 2.24) is 4.90 Å². The van der Waals surface area contributed by atoms with Gasteiger partial charge in [-0.25, -0.2) is 4.79 Å². The summed E-state index contributed by atoms with van der Waals surface area (Å²) in [5.41, 5.74) is 7.79. The van der Waals surface area contributed by atoms with E-state index in [9.17, 15) is 30.0 Å². The van der Waals surface area contributed by atoms with Crippen molar-refractivity contribution >= 4 is 11.8 Å². The summed E-state index contributed by atoms with van der Waals surface area (Å²) in [5, 5.41) is 40.9. The molecular formula is C33H48N2O6. The Balaban J connectivity index is 1.55. The fourth-order valence-corrected chi connectivity index (χ4v) is 10.0. The van der Waals surface area contributed by atoms with E-state index in [0.717, 1.165) is 43.3 Å². The van der Waals surface area contributed by atoms with Crippen LogP contribution in [0.15, 0.2) is 46.3 Å². The number of carbonyl (C=O) groups excluding carboxylic acids is 2. The van der Waals surface area contributed by atoms with Gasteiger partial charge in [-0.2, -0.15) is 0 Å². The Morgan fingerprint density at radius 3 is 2.27 bits per heavy atom. The highest BCUT2D eigenvalue weighted by molar-refractivity contribution is 6.06. The number of fused-ring (bicyclic) bond motifs is 7. The van der Waals surface area contributed by atoms with E-state index in [4.69, 9.17) is 5.73 Å². The number of ketones is 1. The van der Waals surface area contributed by atoms with Crippen molar-refractivity contribution < 1.29 is 30.0 Å². The Kier molecular flexibility index (Phi) is 7.00. The van der Waals surface area contributed by atoms with E-state index in [2.05, 4.69) is 46.8 Å². The molecule has 8 heteroatoms. The normalized spacial score (nSPS) is 40.4. The van der Waals surface area contributed by atoms with E-state index in [0.29, 0.717) is 17.9 Å². The molecule has 6 N–H and O–H groups in total. The number of aliphatic hydroxyl groups is 4. The summed E-state index contributed by atoms with van der Waals surface area (Å²) in [6, 6.07) is -1.05. The lowest BCUT2D eigenvalue weighted by Crippen LogP contribution is -2.69. The largest absolute Gasteiger partial charge is 0.504 e. The molecule has 0 aromatic carbocycles. The summed E-state index contributed by atoms with van der Waals surface area (Å²) in [7, 11) is 0. The second-order valence-corrected chi connectivity index (χ2v) is 14.7. The van der Waals surface area contributed by atoms with Crippen molar-refractivity contribution in [2.24, 2.45) is 39.2 Å². The Bertz CT molecular complexity index is 1280. The number of hydrogen-bond donors (Lipinski definition) is 5.